The van der Waals surface area contributed by atoms with Gasteiger partial charge in [-0.2, -0.15) is 0 Å². The van der Waals surface area contributed by atoms with Gasteiger partial charge in [-0.25, -0.2) is 9.78 Å². The van der Waals surface area contributed by atoms with Crippen molar-refractivity contribution in [1.82, 2.24) is 23.6 Å². The molecule has 2 fully saturated rings. The maximum Gasteiger partial charge on any atom is 0.332 e. The third kappa shape index (κ3) is 3.18. The predicted octanol–water partition coefficient (Wildman–Crippen LogP) is 1.40. The Morgan fingerprint density at radius 1 is 1.11 bits per heavy atom. The van der Waals surface area contributed by atoms with Gasteiger partial charge in [-0.05, 0) is 38.0 Å². The Kier molecular flexibility index (Phi) is 5.12. The zero-order chi connectivity index (χ0) is 19.8. The van der Waals surface area contributed by atoms with Crippen molar-refractivity contribution in [3.05, 3.63) is 27.2 Å². The molecule has 0 bridgehead atoms. The normalized spacial score (nSPS) is 22.4. The summed E-state index contributed by atoms with van der Waals surface area (Å²) in [5.41, 5.74) is 0.0796. The number of imidazole rings is 1. The third-order valence-corrected chi connectivity index (χ3v) is 6.57. The minimum atomic E-state index is -0.384. The molecular weight excluding hydrogens is 358 g/mol. The summed E-state index contributed by atoms with van der Waals surface area (Å²) in [5.74, 6) is 0.926. The lowest BCUT2D eigenvalue weighted by atomic mass is 9.78. The van der Waals surface area contributed by atoms with Crippen molar-refractivity contribution in [2.24, 2.45) is 20.0 Å². The lowest BCUT2D eigenvalue weighted by Gasteiger charge is -2.44. The summed E-state index contributed by atoms with van der Waals surface area (Å²) in [5, 5.41) is 0. The van der Waals surface area contributed by atoms with Crippen LogP contribution in [0.4, 0.5) is 0 Å². The summed E-state index contributed by atoms with van der Waals surface area (Å²) in [7, 11) is 3.09. The first-order valence-electron chi connectivity index (χ1n) is 10.4. The van der Waals surface area contributed by atoms with Crippen molar-refractivity contribution in [2.75, 3.05) is 6.54 Å². The molecule has 0 aromatic carbocycles. The molecule has 0 spiro atoms. The van der Waals surface area contributed by atoms with Crippen molar-refractivity contribution < 1.29 is 4.79 Å². The van der Waals surface area contributed by atoms with Gasteiger partial charge in [0, 0.05) is 39.6 Å². The molecule has 2 aliphatic rings. The minimum Gasteiger partial charge on any atom is -0.339 e. The van der Waals surface area contributed by atoms with Gasteiger partial charge < -0.3 is 9.47 Å². The molecule has 4 rings (SSSR count). The smallest absolute Gasteiger partial charge is 0.332 e. The van der Waals surface area contributed by atoms with Gasteiger partial charge in [0.2, 0.25) is 5.91 Å². The summed E-state index contributed by atoms with van der Waals surface area (Å²) >= 11 is 0. The maximum atomic E-state index is 12.9. The number of amides is 1. The fourth-order valence-electron chi connectivity index (χ4n) is 5.05. The van der Waals surface area contributed by atoms with Crippen molar-refractivity contribution in [3.8, 4) is 0 Å². The second kappa shape index (κ2) is 7.56. The summed E-state index contributed by atoms with van der Waals surface area (Å²) < 4.78 is 4.25. The molecule has 2 aromatic rings. The van der Waals surface area contributed by atoms with Gasteiger partial charge in [-0.1, -0.05) is 12.8 Å². The number of hydrogen-bond donors (Lipinski definition) is 0. The van der Waals surface area contributed by atoms with E-state index in [1.807, 2.05) is 0 Å². The predicted molar refractivity (Wildman–Crippen MR) is 106 cm³/mol. The Labute approximate surface area is 163 Å². The Bertz CT molecular complexity index is 1000. The van der Waals surface area contributed by atoms with E-state index in [0.717, 1.165) is 24.0 Å². The van der Waals surface area contributed by atoms with Gasteiger partial charge in [0.05, 0.1) is 6.33 Å². The second-order valence-corrected chi connectivity index (χ2v) is 8.26. The number of hydrogen-bond acceptors (Lipinski definition) is 4. The highest BCUT2D eigenvalue weighted by atomic mass is 16.2. The molecule has 2 aromatic heterocycles. The highest BCUT2D eigenvalue weighted by Gasteiger charge is 2.35. The van der Waals surface area contributed by atoms with E-state index in [1.54, 1.807) is 17.9 Å². The van der Waals surface area contributed by atoms with E-state index < -0.39 is 0 Å². The van der Waals surface area contributed by atoms with Crippen LogP contribution in [0, 0.1) is 5.92 Å². The molecule has 152 valence electrons. The molecular formula is C20H29N5O3. The topological polar surface area (TPSA) is 82.1 Å². The quantitative estimate of drug-likeness (QED) is 0.794. The number of nitrogens with zero attached hydrogens (tertiary/aromatic N) is 5. The van der Waals surface area contributed by atoms with E-state index in [0.29, 0.717) is 42.5 Å². The molecule has 1 aliphatic carbocycles. The highest BCUT2D eigenvalue weighted by molar-refractivity contribution is 5.76. The fraction of sp³-hybridized carbons (Fsp3) is 0.700. The van der Waals surface area contributed by atoms with Crippen LogP contribution in [0.3, 0.4) is 0 Å². The van der Waals surface area contributed by atoms with Crippen molar-refractivity contribution in [3.63, 3.8) is 0 Å². The van der Waals surface area contributed by atoms with E-state index in [1.165, 1.54) is 37.3 Å². The Hall–Kier alpha value is -2.38. The fourth-order valence-corrected chi connectivity index (χ4v) is 5.05. The molecule has 28 heavy (non-hydrogen) atoms. The highest BCUT2D eigenvalue weighted by Crippen LogP contribution is 2.35. The molecule has 3 heterocycles. The number of likely N-dealkylation sites (tertiary alicyclic amines) is 1. The SMILES string of the molecule is Cn1c(=O)c2c(ncn2CCCC(=O)N2CCCC3CCCCC32)n(C)c1=O. The average Bonchev–Trinajstić information content (AvgIpc) is 3.14. The van der Waals surface area contributed by atoms with Crippen LogP contribution in [0.15, 0.2) is 15.9 Å². The monoisotopic (exact) mass is 387 g/mol. The van der Waals surface area contributed by atoms with E-state index in [4.69, 9.17) is 0 Å². The number of aryl methyl sites for hydroxylation is 2. The zero-order valence-corrected chi connectivity index (χ0v) is 16.8. The van der Waals surface area contributed by atoms with Crippen molar-refractivity contribution >= 4 is 17.1 Å². The Morgan fingerprint density at radius 2 is 1.86 bits per heavy atom. The van der Waals surface area contributed by atoms with Gasteiger partial charge in [0.1, 0.15) is 0 Å². The van der Waals surface area contributed by atoms with Crippen LogP contribution in [-0.4, -0.2) is 42.1 Å². The first kappa shape index (κ1) is 19.0. The van der Waals surface area contributed by atoms with Gasteiger partial charge in [-0.3, -0.25) is 18.7 Å². The van der Waals surface area contributed by atoms with Crippen LogP contribution >= 0.6 is 0 Å². The van der Waals surface area contributed by atoms with Crippen LogP contribution in [0.1, 0.15) is 51.4 Å². The number of carbonyl (C=O) groups excluding carboxylic acids is 1. The third-order valence-electron chi connectivity index (χ3n) is 6.57. The average molecular weight is 387 g/mol. The molecule has 1 aliphatic heterocycles. The molecule has 1 saturated carbocycles. The molecule has 1 saturated heterocycles. The molecule has 8 heteroatoms. The maximum absolute atomic E-state index is 12.9. The summed E-state index contributed by atoms with van der Waals surface area (Å²) in [6.07, 6.45) is 10.0. The first-order valence-corrected chi connectivity index (χ1v) is 10.4. The van der Waals surface area contributed by atoms with Crippen LogP contribution in [0.5, 0.6) is 0 Å². The largest absolute Gasteiger partial charge is 0.339 e. The molecule has 2 atom stereocenters. The van der Waals surface area contributed by atoms with Crippen molar-refractivity contribution in [2.45, 2.75) is 64.0 Å². The lowest BCUT2D eigenvalue weighted by molar-refractivity contribution is -0.137. The molecule has 2 unspecified atom stereocenters. The first-order chi connectivity index (χ1) is 13.5. The van der Waals surface area contributed by atoms with Gasteiger partial charge in [-0.15, -0.1) is 0 Å². The summed E-state index contributed by atoms with van der Waals surface area (Å²) in [6, 6.07) is 0.436. The molecule has 0 N–H and O–H groups in total. The Balaban J connectivity index is 1.45. The Morgan fingerprint density at radius 3 is 2.68 bits per heavy atom. The van der Waals surface area contributed by atoms with Crippen LogP contribution in [0.25, 0.3) is 11.2 Å². The standard InChI is InChI=1S/C20H29N5O3/c1-22-18-17(19(27)23(2)20(22)28)24(13-21-18)11-6-10-16(26)25-12-5-8-14-7-3-4-9-15(14)25/h13-15H,3-12H2,1-2H3. The van der Waals surface area contributed by atoms with E-state index in [2.05, 4.69) is 9.88 Å². The number of rotatable bonds is 4. The van der Waals surface area contributed by atoms with Gasteiger partial charge in [0.25, 0.3) is 5.56 Å². The minimum absolute atomic E-state index is 0.237. The number of piperidine rings is 1. The number of carbonyl (C=O) groups is 1. The summed E-state index contributed by atoms with van der Waals surface area (Å²) in [4.78, 5) is 43.8. The molecule has 8 nitrogen and oxygen atoms in total. The summed E-state index contributed by atoms with van der Waals surface area (Å²) in [6.45, 7) is 1.42. The number of aromatic nitrogens is 4. The lowest BCUT2D eigenvalue weighted by Crippen LogP contribution is -2.49. The zero-order valence-electron chi connectivity index (χ0n) is 16.8. The number of fused-ring (bicyclic) bond motifs is 2. The van der Waals surface area contributed by atoms with Gasteiger partial charge in [0.15, 0.2) is 11.2 Å². The molecule has 0 radical (unpaired) electrons. The van der Waals surface area contributed by atoms with Crippen LogP contribution in [-0.2, 0) is 25.4 Å². The van der Waals surface area contributed by atoms with E-state index in [-0.39, 0.29) is 17.2 Å². The second-order valence-electron chi connectivity index (χ2n) is 8.26. The van der Waals surface area contributed by atoms with Crippen LogP contribution < -0.4 is 11.2 Å². The van der Waals surface area contributed by atoms with Crippen molar-refractivity contribution in [1.29, 1.82) is 0 Å². The van der Waals surface area contributed by atoms with Gasteiger partial charge >= 0.3 is 5.69 Å². The van der Waals surface area contributed by atoms with Crippen LogP contribution in [0.2, 0.25) is 0 Å². The van der Waals surface area contributed by atoms with E-state index >= 15 is 0 Å². The van der Waals surface area contributed by atoms with E-state index in [9.17, 15) is 14.4 Å². The molecule has 1 amide bonds.